The summed E-state index contributed by atoms with van der Waals surface area (Å²) < 4.78 is 15.1. The molecule has 2 fully saturated rings. The molecule has 136 valence electrons. The van der Waals surface area contributed by atoms with Crippen molar-refractivity contribution in [2.75, 3.05) is 19.6 Å². The average Bonchev–Trinajstić information content (AvgIpc) is 3.48. The van der Waals surface area contributed by atoms with Gasteiger partial charge in [0.15, 0.2) is 0 Å². The zero-order chi connectivity index (χ0) is 18.0. The van der Waals surface area contributed by atoms with Crippen molar-refractivity contribution >= 4 is 5.91 Å². The van der Waals surface area contributed by atoms with Gasteiger partial charge in [0.25, 0.3) is 5.91 Å². The van der Waals surface area contributed by atoms with Crippen LogP contribution in [0.4, 0.5) is 4.39 Å². The molecule has 2 aromatic rings. The van der Waals surface area contributed by atoms with E-state index >= 15 is 4.39 Å². The first-order chi connectivity index (χ1) is 12.6. The van der Waals surface area contributed by atoms with E-state index in [4.69, 9.17) is 0 Å². The van der Waals surface area contributed by atoms with Gasteiger partial charge in [-0.25, -0.2) is 4.39 Å². The largest absolute Gasteiger partial charge is 0.338 e. The lowest BCUT2D eigenvalue weighted by Gasteiger charge is -2.36. The Bertz CT molecular complexity index is 741. The molecule has 1 N–H and O–H groups in total. The van der Waals surface area contributed by atoms with Gasteiger partial charge in [0.2, 0.25) is 0 Å². The molecule has 1 aliphatic carbocycles. The van der Waals surface area contributed by atoms with Crippen LogP contribution in [-0.2, 0) is 0 Å². The van der Waals surface area contributed by atoms with Gasteiger partial charge >= 0.3 is 0 Å². The van der Waals surface area contributed by atoms with Gasteiger partial charge in [-0.05, 0) is 24.1 Å². The van der Waals surface area contributed by atoms with Crippen LogP contribution in [0.2, 0.25) is 0 Å². The number of nitrogens with one attached hydrogen (secondary N) is 1. The van der Waals surface area contributed by atoms with Crippen LogP contribution in [0.5, 0.6) is 0 Å². The molecule has 1 amide bonds. The fourth-order valence-electron chi connectivity index (χ4n) is 3.85. The molecule has 0 radical (unpaired) electrons. The number of carbonyl (C=O) groups is 1. The zero-order valence-corrected chi connectivity index (χ0v) is 14.9. The van der Waals surface area contributed by atoms with Gasteiger partial charge in [-0.1, -0.05) is 48.5 Å². The van der Waals surface area contributed by atoms with Crippen molar-refractivity contribution in [3.05, 3.63) is 71.8 Å². The highest BCUT2D eigenvalue weighted by Gasteiger charge is 2.42. The summed E-state index contributed by atoms with van der Waals surface area (Å²) in [6, 6.07) is 20.1. The second-order valence-corrected chi connectivity index (χ2v) is 7.55. The summed E-state index contributed by atoms with van der Waals surface area (Å²) in [7, 11) is 0. The molecule has 0 aromatic heterocycles. The minimum atomic E-state index is -1.21. The Morgan fingerprint density at radius 2 is 1.65 bits per heavy atom. The number of rotatable bonds is 5. The van der Waals surface area contributed by atoms with Gasteiger partial charge in [0, 0.05) is 50.0 Å². The van der Waals surface area contributed by atoms with E-state index < -0.39 is 5.67 Å². The molecule has 2 aromatic carbocycles. The minimum Gasteiger partial charge on any atom is -0.338 e. The number of likely N-dealkylation sites (tertiary alicyclic amines) is 1. The summed E-state index contributed by atoms with van der Waals surface area (Å²) in [4.78, 5) is 14.2. The number of halogens is 1. The van der Waals surface area contributed by atoms with Crippen molar-refractivity contribution in [2.24, 2.45) is 0 Å². The van der Waals surface area contributed by atoms with E-state index in [0.717, 1.165) is 6.42 Å². The summed E-state index contributed by atoms with van der Waals surface area (Å²) >= 11 is 0. The fourth-order valence-corrected chi connectivity index (χ4v) is 3.85. The Balaban J connectivity index is 1.26. The SMILES string of the molecule is O=C(c1ccccc1)N1CCC(F)(CN[C@@H]2C[C@H]2c2ccccc2)CC1. The molecular formula is C22H25FN2O. The molecule has 4 heteroatoms. The van der Waals surface area contributed by atoms with E-state index in [1.165, 1.54) is 5.56 Å². The van der Waals surface area contributed by atoms with Gasteiger partial charge in [-0.15, -0.1) is 0 Å². The van der Waals surface area contributed by atoms with E-state index in [0.29, 0.717) is 50.0 Å². The second-order valence-electron chi connectivity index (χ2n) is 7.55. The summed E-state index contributed by atoms with van der Waals surface area (Å²) in [6.45, 7) is 1.35. The number of nitrogens with zero attached hydrogens (tertiary/aromatic N) is 1. The Kier molecular flexibility index (Phi) is 4.77. The standard InChI is InChI=1S/C22H25FN2O/c23-22(16-24-20-15-19(20)17-7-3-1-4-8-17)11-13-25(14-12-22)21(26)18-9-5-2-6-10-18/h1-10,19-20,24H,11-16H2/t19-,20+/m0/s1. The lowest BCUT2D eigenvalue weighted by atomic mass is 9.92. The number of alkyl halides is 1. The number of piperidine rings is 1. The fraction of sp³-hybridized carbons (Fsp3) is 0.409. The van der Waals surface area contributed by atoms with Crippen LogP contribution in [0.25, 0.3) is 0 Å². The van der Waals surface area contributed by atoms with Crippen molar-refractivity contribution in [3.8, 4) is 0 Å². The van der Waals surface area contributed by atoms with Crippen LogP contribution in [0.3, 0.4) is 0 Å². The zero-order valence-electron chi connectivity index (χ0n) is 14.9. The number of carbonyl (C=O) groups excluding carboxylic acids is 1. The molecule has 2 atom stereocenters. The van der Waals surface area contributed by atoms with Crippen molar-refractivity contribution in [2.45, 2.75) is 36.9 Å². The quantitative estimate of drug-likeness (QED) is 0.888. The first-order valence-corrected chi connectivity index (χ1v) is 9.46. The Labute approximate surface area is 154 Å². The van der Waals surface area contributed by atoms with Crippen LogP contribution in [-0.4, -0.2) is 42.2 Å². The van der Waals surface area contributed by atoms with Crippen LogP contribution in [0.15, 0.2) is 60.7 Å². The first kappa shape index (κ1) is 17.2. The van der Waals surface area contributed by atoms with E-state index in [2.05, 4.69) is 29.6 Å². The van der Waals surface area contributed by atoms with Crippen LogP contribution >= 0.6 is 0 Å². The van der Waals surface area contributed by atoms with E-state index in [9.17, 15) is 4.79 Å². The van der Waals surface area contributed by atoms with Crippen LogP contribution in [0.1, 0.15) is 41.1 Å². The summed E-state index contributed by atoms with van der Waals surface area (Å²) in [6.07, 6.45) is 1.89. The highest BCUT2D eigenvalue weighted by molar-refractivity contribution is 5.94. The second kappa shape index (κ2) is 7.20. The Morgan fingerprint density at radius 1 is 1.04 bits per heavy atom. The summed E-state index contributed by atoms with van der Waals surface area (Å²) in [5, 5.41) is 3.41. The van der Waals surface area contributed by atoms with Crippen molar-refractivity contribution in [3.63, 3.8) is 0 Å². The lowest BCUT2D eigenvalue weighted by Crippen LogP contribution is -2.49. The lowest BCUT2D eigenvalue weighted by molar-refractivity contribution is 0.0433. The van der Waals surface area contributed by atoms with Gasteiger partial charge < -0.3 is 10.2 Å². The Hall–Kier alpha value is -2.20. The van der Waals surface area contributed by atoms with Crippen LogP contribution in [0, 0.1) is 0 Å². The first-order valence-electron chi connectivity index (χ1n) is 9.46. The number of benzene rings is 2. The third-order valence-corrected chi connectivity index (χ3v) is 5.67. The molecule has 0 bridgehead atoms. The topological polar surface area (TPSA) is 32.3 Å². The molecule has 1 saturated heterocycles. The number of hydrogen-bond acceptors (Lipinski definition) is 2. The molecule has 3 nitrogen and oxygen atoms in total. The highest BCUT2D eigenvalue weighted by Crippen LogP contribution is 2.41. The number of amides is 1. The molecule has 4 rings (SSSR count). The molecule has 0 unspecified atom stereocenters. The van der Waals surface area contributed by atoms with Gasteiger partial charge in [0.05, 0.1) is 0 Å². The third kappa shape index (κ3) is 3.80. The maximum atomic E-state index is 15.1. The molecule has 1 saturated carbocycles. The predicted octanol–water partition coefficient (Wildman–Crippen LogP) is 3.78. The molecule has 26 heavy (non-hydrogen) atoms. The Morgan fingerprint density at radius 3 is 2.31 bits per heavy atom. The maximum Gasteiger partial charge on any atom is 0.253 e. The third-order valence-electron chi connectivity index (χ3n) is 5.67. The van der Waals surface area contributed by atoms with Crippen LogP contribution < -0.4 is 5.32 Å². The average molecular weight is 352 g/mol. The minimum absolute atomic E-state index is 0.00643. The van der Waals surface area contributed by atoms with Crippen molar-refractivity contribution in [1.29, 1.82) is 0 Å². The maximum absolute atomic E-state index is 15.1. The molecule has 1 aliphatic heterocycles. The van der Waals surface area contributed by atoms with Gasteiger partial charge in [-0.2, -0.15) is 0 Å². The summed E-state index contributed by atoms with van der Waals surface area (Å²) in [5.41, 5.74) is 0.805. The van der Waals surface area contributed by atoms with E-state index in [1.807, 2.05) is 36.4 Å². The van der Waals surface area contributed by atoms with Crippen molar-refractivity contribution in [1.82, 2.24) is 10.2 Å². The van der Waals surface area contributed by atoms with Crippen molar-refractivity contribution < 1.29 is 9.18 Å². The molecule has 2 aliphatic rings. The predicted molar refractivity (Wildman–Crippen MR) is 101 cm³/mol. The van der Waals surface area contributed by atoms with E-state index in [-0.39, 0.29) is 5.91 Å². The van der Waals surface area contributed by atoms with Gasteiger partial charge in [0.1, 0.15) is 5.67 Å². The molecule has 0 spiro atoms. The van der Waals surface area contributed by atoms with Gasteiger partial charge in [-0.3, -0.25) is 4.79 Å². The molecule has 1 heterocycles. The molecular weight excluding hydrogens is 327 g/mol. The summed E-state index contributed by atoms with van der Waals surface area (Å²) in [5.74, 6) is 0.520. The number of hydrogen-bond donors (Lipinski definition) is 1. The highest BCUT2D eigenvalue weighted by atomic mass is 19.1. The smallest absolute Gasteiger partial charge is 0.253 e. The normalized spacial score (nSPS) is 24.3. The monoisotopic (exact) mass is 352 g/mol. The van der Waals surface area contributed by atoms with E-state index in [1.54, 1.807) is 4.90 Å².